The molecule has 150 valence electrons. The lowest BCUT2D eigenvalue weighted by atomic mass is 10.1. The molecule has 0 saturated carbocycles. The van der Waals surface area contributed by atoms with Gasteiger partial charge in [0.15, 0.2) is 11.5 Å². The standard InChI is InChI=1S/C21H20N2O5S/c24-19(22-14-6-7-17-18(12-14)28-13-27-17)8-11-29-10-3-9-23-20(25)15-4-1-2-5-16(15)21(23)26/h1-2,4-7,12H,3,8-11,13H2,(H,22,24). The predicted molar refractivity (Wildman–Crippen MR) is 110 cm³/mol. The fraction of sp³-hybridized carbons (Fsp3) is 0.286. The van der Waals surface area contributed by atoms with Crippen LogP contribution in [0.15, 0.2) is 42.5 Å². The van der Waals surface area contributed by atoms with E-state index in [1.165, 1.54) is 4.90 Å². The van der Waals surface area contributed by atoms with E-state index in [4.69, 9.17) is 9.47 Å². The van der Waals surface area contributed by atoms with Crippen LogP contribution in [0.4, 0.5) is 5.69 Å². The summed E-state index contributed by atoms with van der Waals surface area (Å²) in [6, 6.07) is 12.2. The fourth-order valence-corrected chi connectivity index (χ4v) is 4.10. The lowest BCUT2D eigenvalue weighted by molar-refractivity contribution is -0.115. The minimum Gasteiger partial charge on any atom is -0.454 e. The normalized spacial score (nSPS) is 14.3. The molecule has 4 rings (SSSR count). The summed E-state index contributed by atoms with van der Waals surface area (Å²) in [5.41, 5.74) is 1.63. The number of nitrogens with zero attached hydrogens (tertiary/aromatic N) is 1. The van der Waals surface area contributed by atoms with Gasteiger partial charge in [0.25, 0.3) is 11.8 Å². The molecule has 0 radical (unpaired) electrons. The predicted octanol–water partition coefficient (Wildman–Crippen LogP) is 3.16. The number of ether oxygens (including phenoxy) is 2. The van der Waals surface area contributed by atoms with Crippen LogP contribution < -0.4 is 14.8 Å². The summed E-state index contributed by atoms with van der Waals surface area (Å²) in [7, 11) is 0. The van der Waals surface area contributed by atoms with E-state index in [0.717, 1.165) is 5.75 Å². The number of amides is 3. The number of nitrogens with one attached hydrogen (secondary N) is 1. The molecule has 7 nitrogen and oxygen atoms in total. The maximum atomic E-state index is 12.3. The van der Waals surface area contributed by atoms with Crippen molar-refractivity contribution in [1.82, 2.24) is 4.90 Å². The van der Waals surface area contributed by atoms with Crippen LogP contribution in [0.1, 0.15) is 33.6 Å². The first-order valence-corrected chi connectivity index (χ1v) is 10.5. The van der Waals surface area contributed by atoms with Crippen LogP contribution >= 0.6 is 11.8 Å². The highest BCUT2D eigenvalue weighted by Crippen LogP contribution is 2.34. The second-order valence-electron chi connectivity index (χ2n) is 6.64. The van der Waals surface area contributed by atoms with E-state index >= 15 is 0 Å². The molecule has 0 bridgehead atoms. The highest BCUT2D eigenvalue weighted by atomic mass is 32.2. The van der Waals surface area contributed by atoms with Gasteiger partial charge in [-0.15, -0.1) is 0 Å². The van der Waals surface area contributed by atoms with Crippen molar-refractivity contribution < 1.29 is 23.9 Å². The highest BCUT2D eigenvalue weighted by Gasteiger charge is 2.34. The maximum absolute atomic E-state index is 12.3. The zero-order valence-corrected chi connectivity index (χ0v) is 16.5. The fourth-order valence-electron chi connectivity index (χ4n) is 3.23. The summed E-state index contributed by atoms with van der Waals surface area (Å²) in [6.07, 6.45) is 1.08. The zero-order chi connectivity index (χ0) is 20.2. The Balaban J connectivity index is 1.14. The number of hydrogen-bond donors (Lipinski definition) is 1. The minimum atomic E-state index is -0.223. The van der Waals surface area contributed by atoms with Crippen LogP contribution in [-0.4, -0.2) is 47.5 Å². The maximum Gasteiger partial charge on any atom is 0.261 e. The Morgan fingerprint density at radius 2 is 1.72 bits per heavy atom. The molecular weight excluding hydrogens is 392 g/mol. The molecule has 0 atom stereocenters. The molecule has 2 aromatic carbocycles. The Morgan fingerprint density at radius 3 is 2.48 bits per heavy atom. The first-order valence-electron chi connectivity index (χ1n) is 9.36. The number of carbonyl (C=O) groups is 3. The van der Waals surface area contributed by atoms with Crippen LogP contribution in [0, 0.1) is 0 Å². The molecule has 0 saturated heterocycles. The van der Waals surface area contributed by atoms with Crippen LogP contribution in [0.2, 0.25) is 0 Å². The van der Waals surface area contributed by atoms with Crippen molar-refractivity contribution in [1.29, 1.82) is 0 Å². The van der Waals surface area contributed by atoms with Crippen LogP contribution in [0.3, 0.4) is 0 Å². The number of anilines is 1. The first-order chi connectivity index (χ1) is 14.1. The topological polar surface area (TPSA) is 84.9 Å². The molecule has 2 aliphatic heterocycles. The monoisotopic (exact) mass is 412 g/mol. The van der Waals surface area contributed by atoms with Crippen LogP contribution in [0.25, 0.3) is 0 Å². The van der Waals surface area contributed by atoms with Gasteiger partial charge in [0.2, 0.25) is 12.7 Å². The molecule has 2 heterocycles. The van der Waals surface area contributed by atoms with E-state index in [-0.39, 0.29) is 24.5 Å². The Bertz CT molecular complexity index is 927. The van der Waals surface area contributed by atoms with Gasteiger partial charge < -0.3 is 14.8 Å². The van der Waals surface area contributed by atoms with E-state index in [0.29, 0.717) is 53.5 Å². The zero-order valence-electron chi connectivity index (χ0n) is 15.7. The molecule has 0 spiro atoms. The van der Waals surface area contributed by atoms with Crippen LogP contribution in [-0.2, 0) is 4.79 Å². The molecule has 1 N–H and O–H groups in total. The average Bonchev–Trinajstić information content (AvgIpc) is 3.28. The number of rotatable bonds is 8. The number of imide groups is 1. The van der Waals surface area contributed by atoms with Crippen molar-refractivity contribution >= 4 is 35.2 Å². The molecular formula is C21H20N2O5S. The van der Waals surface area contributed by atoms with Gasteiger partial charge >= 0.3 is 0 Å². The molecule has 29 heavy (non-hydrogen) atoms. The molecule has 0 aliphatic carbocycles. The number of fused-ring (bicyclic) bond motifs is 2. The van der Waals surface area contributed by atoms with E-state index in [9.17, 15) is 14.4 Å². The molecule has 8 heteroatoms. The van der Waals surface area contributed by atoms with Gasteiger partial charge in [0, 0.05) is 30.5 Å². The summed E-state index contributed by atoms with van der Waals surface area (Å²) < 4.78 is 10.5. The summed E-state index contributed by atoms with van der Waals surface area (Å²) in [6.45, 7) is 0.590. The lowest BCUT2D eigenvalue weighted by Crippen LogP contribution is -2.31. The molecule has 2 aliphatic rings. The number of carbonyl (C=O) groups excluding carboxylic acids is 3. The SMILES string of the molecule is O=C(CCSCCCN1C(=O)c2ccccc2C1=O)Nc1ccc2c(c1)OCO2. The molecule has 0 unspecified atom stereocenters. The van der Waals surface area contributed by atoms with Crippen molar-refractivity contribution in [3.8, 4) is 11.5 Å². The molecule has 0 fully saturated rings. The Morgan fingerprint density at radius 1 is 1.00 bits per heavy atom. The van der Waals surface area contributed by atoms with Gasteiger partial charge in [-0.25, -0.2) is 0 Å². The largest absolute Gasteiger partial charge is 0.454 e. The summed E-state index contributed by atoms with van der Waals surface area (Å²) in [5.74, 6) is 2.22. The lowest BCUT2D eigenvalue weighted by Gasteiger charge is -2.13. The Hall–Kier alpha value is -3.00. The second kappa shape index (κ2) is 8.57. The van der Waals surface area contributed by atoms with Crippen molar-refractivity contribution in [2.24, 2.45) is 0 Å². The van der Waals surface area contributed by atoms with E-state index < -0.39 is 0 Å². The minimum absolute atomic E-state index is 0.0725. The summed E-state index contributed by atoms with van der Waals surface area (Å²) >= 11 is 1.63. The number of thioether (sulfide) groups is 1. The number of benzene rings is 2. The molecule has 3 amide bonds. The quantitative estimate of drug-likeness (QED) is 0.530. The third-order valence-electron chi connectivity index (χ3n) is 4.68. The van der Waals surface area contributed by atoms with E-state index in [1.807, 2.05) is 0 Å². The highest BCUT2D eigenvalue weighted by molar-refractivity contribution is 7.99. The second-order valence-corrected chi connectivity index (χ2v) is 7.86. The first kappa shape index (κ1) is 19.3. The van der Waals surface area contributed by atoms with Crippen molar-refractivity contribution in [3.05, 3.63) is 53.6 Å². The molecule has 0 aromatic heterocycles. The summed E-state index contributed by atoms with van der Waals surface area (Å²) in [4.78, 5) is 38.0. The van der Waals surface area contributed by atoms with Gasteiger partial charge in [-0.3, -0.25) is 19.3 Å². The third kappa shape index (κ3) is 4.22. The Labute approximate surface area is 172 Å². The number of hydrogen-bond acceptors (Lipinski definition) is 6. The third-order valence-corrected chi connectivity index (χ3v) is 5.75. The van der Waals surface area contributed by atoms with E-state index in [1.54, 1.807) is 54.2 Å². The molecule has 2 aromatic rings. The van der Waals surface area contributed by atoms with Gasteiger partial charge in [0.05, 0.1) is 11.1 Å². The van der Waals surface area contributed by atoms with E-state index in [2.05, 4.69) is 5.32 Å². The summed E-state index contributed by atoms with van der Waals surface area (Å²) in [5, 5.41) is 2.84. The average molecular weight is 412 g/mol. The van der Waals surface area contributed by atoms with Gasteiger partial charge in [-0.2, -0.15) is 11.8 Å². The smallest absolute Gasteiger partial charge is 0.261 e. The van der Waals surface area contributed by atoms with Gasteiger partial charge in [-0.05, 0) is 36.4 Å². The van der Waals surface area contributed by atoms with Gasteiger partial charge in [-0.1, -0.05) is 12.1 Å². The van der Waals surface area contributed by atoms with Crippen molar-refractivity contribution in [2.45, 2.75) is 12.8 Å². The van der Waals surface area contributed by atoms with Crippen molar-refractivity contribution in [3.63, 3.8) is 0 Å². The van der Waals surface area contributed by atoms with Crippen LogP contribution in [0.5, 0.6) is 11.5 Å². The van der Waals surface area contributed by atoms with Gasteiger partial charge in [0.1, 0.15) is 0 Å². The Kier molecular flexibility index (Phi) is 5.71. The van der Waals surface area contributed by atoms with Crippen molar-refractivity contribution in [2.75, 3.05) is 30.2 Å².